The van der Waals surface area contributed by atoms with E-state index < -0.39 is 6.10 Å². The zero-order valence-corrected chi connectivity index (χ0v) is 11.5. The molecule has 0 amide bonds. The van der Waals surface area contributed by atoms with Crippen LogP contribution in [-0.4, -0.2) is 11.1 Å². The van der Waals surface area contributed by atoms with Crippen molar-refractivity contribution in [3.8, 4) is 0 Å². The molecule has 0 aliphatic rings. The monoisotopic (exact) mass is 255 g/mol. The van der Waals surface area contributed by atoms with Crippen LogP contribution in [0.5, 0.6) is 0 Å². The molecule has 2 atom stereocenters. The van der Waals surface area contributed by atoms with E-state index in [0.717, 1.165) is 11.1 Å². The second-order valence-corrected chi connectivity index (χ2v) is 5.07. The molecular weight excluding hydrogens is 234 g/mol. The SMILES string of the molecule is CC(C)N[C@@H](c1ccccc1)[C@H](O)c1ccccc1. The first kappa shape index (κ1) is 13.8. The summed E-state index contributed by atoms with van der Waals surface area (Å²) in [5.41, 5.74) is 2.04. The van der Waals surface area contributed by atoms with Gasteiger partial charge in [-0.2, -0.15) is 0 Å². The fraction of sp³-hybridized carbons (Fsp3) is 0.294. The maximum absolute atomic E-state index is 10.6. The van der Waals surface area contributed by atoms with Crippen LogP contribution in [0.2, 0.25) is 0 Å². The minimum absolute atomic E-state index is 0.0939. The molecule has 100 valence electrons. The Morgan fingerprint density at radius 1 is 0.789 bits per heavy atom. The lowest BCUT2D eigenvalue weighted by Crippen LogP contribution is -2.32. The third-order valence-corrected chi connectivity index (χ3v) is 3.13. The maximum atomic E-state index is 10.6. The maximum Gasteiger partial charge on any atom is 0.0984 e. The lowest BCUT2D eigenvalue weighted by atomic mass is 9.95. The molecular formula is C17H21NO. The van der Waals surface area contributed by atoms with Crippen LogP contribution >= 0.6 is 0 Å². The molecule has 2 N–H and O–H groups in total. The lowest BCUT2D eigenvalue weighted by Gasteiger charge is -2.27. The van der Waals surface area contributed by atoms with Crippen molar-refractivity contribution >= 4 is 0 Å². The van der Waals surface area contributed by atoms with Gasteiger partial charge in [-0.15, -0.1) is 0 Å². The first-order valence-electron chi connectivity index (χ1n) is 6.72. The van der Waals surface area contributed by atoms with Gasteiger partial charge in [-0.05, 0) is 11.1 Å². The quantitative estimate of drug-likeness (QED) is 0.857. The molecule has 0 unspecified atom stereocenters. The van der Waals surface area contributed by atoms with Gasteiger partial charge in [0.05, 0.1) is 12.1 Å². The number of nitrogens with one attached hydrogen (secondary N) is 1. The molecule has 0 aliphatic carbocycles. The van der Waals surface area contributed by atoms with Gasteiger partial charge in [0, 0.05) is 6.04 Å². The van der Waals surface area contributed by atoms with Crippen LogP contribution in [0.25, 0.3) is 0 Å². The van der Waals surface area contributed by atoms with E-state index in [9.17, 15) is 5.11 Å². The number of aliphatic hydroxyl groups excluding tert-OH is 1. The standard InChI is InChI=1S/C17H21NO/c1-13(2)18-16(14-9-5-3-6-10-14)17(19)15-11-7-4-8-12-15/h3-13,16-19H,1-2H3/t16-,17+/m0/s1. The van der Waals surface area contributed by atoms with Crippen LogP contribution in [0.4, 0.5) is 0 Å². The topological polar surface area (TPSA) is 32.3 Å². The molecule has 0 saturated heterocycles. The summed E-state index contributed by atoms with van der Waals surface area (Å²) in [6, 6.07) is 20.1. The molecule has 0 bridgehead atoms. The summed E-state index contributed by atoms with van der Waals surface area (Å²) in [5, 5.41) is 14.1. The van der Waals surface area contributed by atoms with Gasteiger partial charge in [0.25, 0.3) is 0 Å². The van der Waals surface area contributed by atoms with Crippen LogP contribution in [0.3, 0.4) is 0 Å². The molecule has 0 aliphatic heterocycles. The third-order valence-electron chi connectivity index (χ3n) is 3.13. The molecule has 0 heterocycles. The lowest BCUT2D eigenvalue weighted by molar-refractivity contribution is 0.124. The average molecular weight is 255 g/mol. The Hall–Kier alpha value is -1.64. The van der Waals surface area contributed by atoms with Crippen molar-refractivity contribution in [2.24, 2.45) is 0 Å². The van der Waals surface area contributed by atoms with Gasteiger partial charge < -0.3 is 10.4 Å². The van der Waals surface area contributed by atoms with Gasteiger partial charge in [-0.25, -0.2) is 0 Å². The molecule has 0 saturated carbocycles. The number of benzene rings is 2. The summed E-state index contributed by atoms with van der Waals surface area (Å²) in [6.07, 6.45) is -0.550. The summed E-state index contributed by atoms with van der Waals surface area (Å²) in [6.45, 7) is 4.18. The Kier molecular flexibility index (Phi) is 4.72. The first-order valence-corrected chi connectivity index (χ1v) is 6.72. The highest BCUT2D eigenvalue weighted by Crippen LogP contribution is 2.28. The molecule has 0 spiro atoms. The molecule has 0 fully saturated rings. The first-order chi connectivity index (χ1) is 9.18. The fourth-order valence-corrected chi connectivity index (χ4v) is 2.23. The number of hydrogen-bond acceptors (Lipinski definition) is 2. The Bertz CT molecular complexity index is 481. The molecule has 2 aromatic rings. The second-order valence-electron chi connectivity index (χ2n) is 5.07. The van der Waals surface area contributed by atoms with Crippen molar-refractivity contribution in [2.45, 2.75) is 32.0 Å². The highest BCUT2D eigenvalue weighted by atomic mass is 16.3. The number of hydrogen-bond donors (Lipinski definition) is 2. The van der Waals surface area contributed by atoms with Crippen molar-refractivity contribution in [3.05, 3.63) is 71.8 Å². The van der Waals surface area contributed by atoms with Gasteiger partial charge in [-0.1, -0.05) is 74.5 Å². The van der Waals surface area contributed by atoms with Crippen molar-refractivity contribution in [1.82, 2.24) is 5.32 Å². The van der Waals surface area contributed by atoms with Gasteiger partial charge in [0.15, 0.2) is 0 Å². The summed E-state index contributed by atoms with van der Waals surface area (Å²) in [5.74, 6) is 0. The molecule has 2 nitrogen and oxygen atoms in total. The molecule has 2 aromatic carbocycles. The van der Waals surface area contributed by atoms with Gasteiger partial charge >= 0.3 is 0 Å². The zero-order valence-electron chi connectivity index (χ0n) is 11.5. The van der Waals surface area contributed by atoms with Crippen LogP contribution in [0.15, 0.2) is 60.7 Å². The van der Waals surface area contributed by atoms with Crippen LogP contribution in [0, 0.1) is 0 Å². The summed E-state index contributed by atoms with van der Waals surface area (Å²) >= 11 is 0. The highest BCUT2D eigenvalue weighted by Gasteiger charge is 2.22. The fourth-order valence-electron chi connectivity index (χ4n) is 2.23. The predicted molar refractivity (Wildman–Crippen MR) is 78.9 cm³/mol. The molecule has 0 radical (unpaired) electrons. The van der Waals surface area contributed by atoms with Crippen molar-refractivity contribution in [1.29, 1.82) is 0 Å². The largest absolute Gasteiger partial charge is 0.386 e. The van der Waals surface area contributed by atoms with E-state index in [1.807, 2.05) is 60.7 Å². The zero-order chi connectivity index (χ0) is 13.7. The Labute approximate surface area is 115 Å². The summed E-state index contributed by atoms with van der Waals surface area (Å²) < 4.78 is 0. The van der Waals surface area contributed by atoms with Crippen LogP contribution in [-0.2, 0) is 0 Å². The predicted octanol–water partition coefficient (Wildman–Crippen LogP) is 3.46. The van der Waals surface area contributed by atoms with Crippen LogP contribution < -0.4 is 5.32 Å². The summed E-state index contributed by atoms with van der Waals surface area (Å²) in [7, 11) is 0. The smallest absolute Gasteiger partial charge is 0.0984 e. The third kappa shape index (κ3) is 3.66. The van der Waals surface area contributed by atoms with E-state index in [1.165, 1.54) is 0 Å². The Balaban J connectivity index is 2.28. The average Bonchev–Trinajstić information content (AvgIpc) is 2.46. The Morgan fingerprint density at radius 3 is 1.74 bits per heavy atom. The highest BCUT2D eigenvalue weighted by molar-refractivity contribution is 5.26. The molecule has 2 rings (SSSR count). The van der Waals surface area contributed by atoms with E-state index in [0.29, 0.717) is 6.04 Å². The van der Waals surface area contributed by atoms with Crippen LogP contribution in [0.1, 0.15) is 37.1 Å². The Morgan fingerprint density at radius 2 is 1.26 bits per heavy atom. The van der Waals surface area contributed by atoms with Crippen molar-refractivity contribution in [2.75, 3.05) is 0 Å². The summed E-state index contributed by atoms with van der Waals surface area (Å²) in [4.78, 5) is 0. The normalized spacial score (nSPS) is 14.3. The van der Waals surface area contributed by atoms with E-state index >= 15 is 0 Å². The van der Waals surface area contributed by atoms with E-state index in [4.69, 9.17) is 0 Å². The van der Waals surface area contributed by atoms with E-state index in [-0.39, 0.29) is 6.04 Å². The molecule has 2 heteroatoms. The van der Waals surface area contributed by atoms with Gasteiger partial charge in [0.2, 0.25) is 0 Å². The minimum Gasteiger partial charge on any atom is -0.386 e. The van der Waals surface area contributed by atoms with Crippen molar-refractivity contribution in [3.63, 3.8) is 0 Å². The minimum atomic E-state index is -0.550. The molecule has 19 heavy (non-hydrogen) atoms. The van der Waals surface area contributed by atoms with Crippen molar-refractivity contribution < 1.29 is 5.11 Å². The molecule has 0 aromatic heterocycles. The number of aliphatic hydroxyl groups is 1. The van der Waals surface area contributed by atoms with E-state index in [2.05, 4.69) is 19.2 Å². The van der Waals surface area contributed by atoms with Gasteiger partial charge in [0.1, 0.15) is 0 Å². The number of rotatable bonds is 5. The van der Waals surface area contributed by atoms with E-state index in [1.54, 1.807) is 0 Å². The second kappa shape index (κ2) is 6.50. The van der Waals surface area contributed by atoms with Gasteiger partial charge in [-0.3, -0.25) is 0 Å².